The van der Waals surface area contributed by atoms with Gasteiger partial charge in [-0.25, -0.2) is 0 Å². The van der Waals surface area contributed by atoms with Gasteiger partial charge >= 0.3 is 11.9 Å². The zero-order chi connectivity index (χ0) is 16.2. The molecule has 3 aliphatic heterocycles. The van der Waals surface area contributed by atoms with E-state index in [4.69, 9.17) is 38.5 Å². The van der Waals surface area contributed by atoms with Crippen LogP contribution in [0.3, 0.4) is 0 Å². The number of carbonyl (C=O) groups is 1. The van der Waals surface area contributed by atoms with E-state index in [1.54, 1.807) is 6.92 Å². The molecule has 2 spiro atoms. The zero-order valence-corrected chi connectivity index (χ0v) is 13.1. The average Bonchev–Trinajstić information content (AvgIpc) is 3.03. The molecule has 1 aliphatic carbocycles. The van der Waals surface area contributed by atoms with Crippen LogP contribution in [-0.4, -0.2) is 42.5 Å². The fourth-order valence-corrected chi connectivity index (χ4v) is 3.32. The summed E-state index contributed by atoms with van der Waals surface area (Å²) in [5, 5.41) is 0. The van der Waals surface area contributed by atoms with Crippen molar-refractivity contribution in [2.45, 2.75) is 69.3 Å². The van der Waals surface area contributed by atoms with E-state index in [-0.39, 0.29) is 13.2 Å². The Kier molecular flexibility index (Phi) is 3.48. The Hall–Kier alpha value is -0.810. The Morgan fingerprint density at radius 3 is 2.57 bits per heavy atom. The molecule has 3 unspecified atom stereocenters. The Morgan fingerprint density at radius 1 is 1.04 bits per heavy atom. The van der Waals surface area contributed by atoms with Crippen molar-refractivity contribution in [3.05, 3.63) is 0 Å². The summed E-state index contributed by atoms with van der Waals surface area (Å²) in [5.74, 6) is -5.93. The lowest BCUT2D eigenvalue weighted by Crippen LogP contribution is -2.66. The van der Waals surface area contributed by atoms with Gasteiger partial charge in [0.2, 0.25) is 5.79 Å². The molecular formula is C14H20O9. The van der Waals surface area contributed by atoms with Crippen LogP contribution in [0.25, 0.3) is 0 Å². The van der Waals surface area contributed by atoms with Gasteiger partial charge in [0, 0.05) is 26.7 Å². The monoisotopic (exact) mass is 332 g/mol. The van der Waals surface area contributed by atoms with E-state index in [0.29, 0.717) is 12.8 Å². The van der Waals surface area contributed by atoms with Crippen molar-refractivity contribution in [3.63, 3.8) is 0 Å². The van der Waals surface area contributed by atoms with Crippen molar-refractivity contribution in [2.75, 3.05) is 13.2 Å². The van der Waals surface area contributed by atoms with Crippen LogP contribution in [0.5, 0.6) is 0 Å². The molecule has 3 atom stereocenters. The van der Waals surface area contributed by atoms with Gasteiger partial charge in [-0.05, 0) is 12.8 Å². The van der Waals surface area contributed by atoms with Crippen LogP contribution in [-0.2, 0) is 43.3 Å². The maximum Gasteiger partial charge on any atom is 0.312 e. The maximum atomic E-state index is 11.2. The molecule has 3 heterocycles. The van der Waals surface area contributed by atoms with Gasteiger partial charge < -0.3 is 14.2 Å². The second-order valence-electron chi connectivity index (χ2n) is 6.45. The van der Waals surface area contributed by atoms with Gasteiger partial charge in [0.15, 0.2) is 6.61 Å². The van der Waals surface area contributed by atoms with Crippen molar-refractivity contribution >= 4 is 5.97 Å². The summed E-state index contributed by atoms with van der Waals surface area (Å²) in [7, 11) is 0. The largest absolute Gasteiger partial charge is 0.460 e. The molecule has 0 N–H and O–H groups in total. The van der Waals surface area contributed by atoms with Gasteiger partial charge in [0.05, 0.1) is 0 Å². The average molecular weight is 332 g/mol. The van der Waals surface area contributed by atoms with Crippen LogP contribution in [0.15, 0.2) is 0 Å². The third kappa shape index (κ3) is 2.39. The van der Waals surface area contributed by atoms with Gasteiger partial charge in [0.25, 0.3) is 11.6 Å². The van der Waals surface area contributed by atoms with Crippen molar-refractivity contribution in [1.29, 1.82) is 0 Å². The lowest BCUT2D eigenvalue weighted by Gasteiger charge is -2.43. The van der Waals surface area contributed by atoms with Crippen LogP contribution in [0.4, 0.5) is 0 Å². The Labute approximate surface area is 132 Å². The van der Waals surface area contributed by atoms with Gasteiger partial charge in [-0.15, -0.1) is 0 Å². The highest BCUT2D eigenvalue weighted by Gasteiger charge is 2.76. The SMILES string of the molecule is CC(=O)OCC12OOC(C)(OCC13OOC1(CCCCC1)O3)O2. The van der Waals surface area contributed by atoms with Crippen LogP contribution in [0, 0.1) is 0 Å². The van der Waals surface area contributed by atoms with Gasteiger partial charge in [-0.3, -0.25) is 9.53 Å². The zero-order valence-electron chi connectivity index (χ0n) is 13.1. The molecule has 0 aromatic carbocycles. The predicted molar refractivity (Wildman–Crippen MR) is 68.8 cm³/mol. The third-order valence-corrected chi connectivity index (χ3v) is 4.54. The molecule has 3 saturated heterocycles. The number of carbonyl (C=O) groups excluding carboxylic acids is 1. The predicted octanol–water partition coefficient (Wildman–Crippen LogP) is 1.26. The quantitative estimate of drug-likeness (QED) is 0.547. The first-order valence-electron chi connectivity index (χ1n) is 7.82. The maximum absolute atomic E-state index is 11.2. The molecule has 23 heavy (non-hydrogen) atoms. The standard InChI is InChI=1S/C14H20O9/c1-10(15)16-8-13-14(9-17-11(2,18-13)20-22-13)19-12(21-23-14)6-4-3-5-7-12/h3-9H2,1-2H3. The normalized spacial score (nSPS) is 44.8. The number of hydrogen-bond donors (Lipinski definition) is 0. The van der Waals surface area contributed by atoms with Gasteiger partial charge in [0.1, 0.15) is 6.61 Å². The smallest absolute Gasteiger partial charge is 0.312 e. The highest BCUT2D eigenvalue weighted by Crippen LogP contribution is 2.54. The van der Waals surface area contributed by atoms with E-state index < -0.39 is 29.3 Å². The van der Waals surface area contributed by atoms with Crippen molar-refractivity contribution < 1.29 is 43.3 Å². The summed E-state index contributed by atoms with van der Waals surface area (Å²) in [6, 6.07) is 0. The van der Waals surface area contributed by atoms with E-state index in [0.717, 1.165) is 19.3 Å². The Morgan fingerprint density at radius 2 is 1.83 bits per heavy atom. The summed E-state index contributed by atoms with van der Waals surface area (Å²) in [5.41, 5.74) is 0. The number of esters is 1. The fraction of sp³-hybridized carbons (Fsp3) is 0.929. The molecule has 1 saturated carbocycles. The number of fused-ring (bicyclic) bond motifs is 3. The molecular weight excluding hydrogens is 312 g/mol. The minimum absolute atomic E-state index is 0.0491. The summed E-state index contributed by atoms with van der Waals surface area (Å²) in [6.07, 6.45) is 4.43. The highest BCUT2D eigenvalue weighted by molar-refractivity contribution is 5.65. The van der Waals surface area contributed by atoms with E-state index in [2.05, 4.69) is 0 Å². The molecule has 9 heteroatoms. The molecule has 0 aromatic heterocycles. The van der Waals surface area contributed by atoms with Gasteiger partial charge in [-0.1, -0.05) is 6.42 Å². The molecule has 0 amide bonds. The molecule has 130 valence electrons. The van der Waals surface area contributed by atoms with Crippen LogP contribution in [0.2, 0.25) is 0 Å². The highest BCUT2D eigenvalue weighted by atomic mass is 17.4. The van der Waals surface area contributed by atoms with E-state index in [9.17, 15) is 4.79 Å². The molecule has 4 rings (SSSR count). The Bertz CT molecular complexity index is 504. The van der Waals surface area contributed by atoms with E-state index in [1.165, 1.54) is 6.92 Å². The van der Waals surface area contributed by atoms with E-state index >= 15 is 0 Å². The molecule has 9 nitrogen and oxygen atoms in total. The van der Waals surface area contributed by atoms with Crippen LogP contribution in [0.1, 0.15) is 46.0 Å². The summed E-state index contributed by atoms with van der Waals surface area (Å²) >= 11 is 0. The summed E-state index contributed by atoms with van der Waals surface area (Å²) < 4.78 is 22.4. The topological polar surface area (TPSA) is 90.9 Å². The lowest BCUT2D eigenvalue weighted by molar-refractivity contribution is -0.468. The third-order valence-electron chi connectivity index (χ3n) is 4.54. The van der Waals surface area contributed by atoms with E-state index in [1.807, 2.05) is 0 Å². The van der Waals surface area contributed by atoms with Crippen LogP contribution < -0.4 is 0 Å². The first kappa shape index (κ1) is 15.7. The van der Waals surface area contributed by atoms with Crippen molar-refractivity contribution in [1.82, 2.24) is 0 Å². The Balaban J connectivity index is 1.62. The minimum Gasteiger partial charge on any atom is -0.460 e. The first-order chi connectivity index (χ1) is 10.9. The molecule has 2 bridgehead atoms. The minimum atomic E-state index is -1.62. The first-order valence-corrected chi connectivity index (χ1v) is 7.82. The molecule has 0 aromatic rings. The lowest BCUT2D eigenvalue weighted by atomic mass is 9.93. The number of rotatable bonds is 2. The number of ether oxygens (including phenoxy) is 4. The second kappa shape index (κ2) is 5.09. The number of hydrogen-bond acceptors (Lipinski definition) is 9. The molecule has 4 aliphatic rings. The summed E-state index contributed by atoms with van der Waals surface area (Å²) in [4.78, 5) is 32.7. The van der Waals surface area contributed by atoms with Crippen LogP contribution >= 0.6 is 0 Å². The van der Waals surface area contributed by atoms with Crippen molar-refractivity contribution in [2.24, 2.45) is 0 Å². The second-order valence-corrected chi connectivity index (χ2v) is 6.45. The van der Waals surface area contributed by atoms with Gasteiger partial charge in [-0.2, -0.15) is 19.6 Å². The molecule has 4 fully saturated rings. The fourth-order valence-electron chi connectivity index (χ4n) is 3.32. The molecule has 0 radical (unpaired) electrons. The van der Waals surface area contributed by atoms with Crippen molar-refractivity contribution in [3.8, 4) is 0 Å². The summed E-state index contributed by atoms with van der Waals surface area (Å²) in [6.45, 7) is 2.50.